The number of nitrogens with two attached hydrogens (primary N) is 1. The molecule has 15 heavy (non-hydrogen) atoms. The average Bonchev–Trinajstić information content (AvgIpc) is 2.16. The highest BCUT2D eigenvalue weighted by Crippen LogP contribution is 2.34. The fourth-order valence-electron chi connectivity index (χ4n) is 1.89. The number of hydrogen-bond donors (Lipinski definition) is 1. The van der Waals surface area contributed by atoms with E-state index in [1.807, 2.05) is 19.9 Å². The minimum absolute atomic E-state index is 0.173. The van der Waals surface area contributed by atoms with Gasteiger partial charge in [-0.1, -0.05) is 6.07 Å². The van der Waals surface area contributed by atoms with Crippen molar-refractivity contribution in [1.29, 1.82) is 0 Å². The zero-order valence-corrected chi connectivity index (χ0v) is 9.25. The molecule has 0 saturated carbocycles. The molecule has 0 fully saturated rings. The van der Waals surface area contributed by atoms with Gasteiger partial charge >= 0.3 is 0 Å². The van der Waals surface area contributed by atoms with Gasteiger partial charge in [0.2, 0.25) is 0 Å². The van der Waals surface area contributed by atoms with Gasteiger partial charge in [-0.25, -0.2) is 0 Å². The van der Waals surface area contributed by atoms with Crippen molar-refractivity contribution < 1.29 is 9.47 Å². The van der Waals surface area contributed by atoms with Gasteiger partial charge in [-0.15, -0.1) is 0 Å². The van der Waals surface area contributed by atoms with Crippen LogP contribution in [0.5, 0.6) is 11.5 Å². The number of aryl methyl sites for hydroxylation is 1. The molecule has 2 N–H and O–H groups in total. The Kier molecular flexibility index (Phi) is 2.82. The molecule has 1 unspecified atom stereocenters. The predicted molar refractivity (Wildman–Crippen MR) is 59.5 cm³/mol. The standard InChI is InChI=1S/C12H17NO2/c1-8-5-10(6-9(2)13)7-11-12(8)15-4-3-14-11/h5,7,9H,3-4,6,13H2,1-2H3. The van der Waals surface area contributed by atoms with Crippen LogP contribution >= 0.6 is 0 Å². The van der Waals surface area contributed by atoms with Gasteiger partial charge < -0.3 is 15.2 Å². The number of hydrogen-bond acceptors (Lipinski definition) is 3. The van der Waals surface area contributed by atoms with Crippen molar-refractivity contribution in [3.8, 4) is 11.5 Å². The van der Waals surface area contributed by atoms with E-state index in [0.717, 1.165) is 23.5 Å². The summed E-state index contributed by atoms with van der Waals surface area (Å²) in [5.74, 6) is 1.74. The maximum Gasteiger partial charge on any atom is 0.164 e. The summed E-state index contributed by atoms with van der Waals surface area (Å²) >= 11 is 0. The van der Waals surface area contributed by atoms with Crippen LogP contribution in [0, 0.1) is 6.92 Å². The van der Waals surface area contributed by atoms with Crippen molar-refractivity contribution in [1.82, 2.24) is 0 Å². The molecule has 0 radical (unpaired) electrons. The molecule has 0 aliphatic carbocycles. The fraction of sp³-hybridized carbons (Fsp3) is 0.500. The van der Waals surface area contributed by atoms with Crippen molar-refractivity contribution in [3.05, 3.63) is 23.3 Å². The first-order valence-electron chi connectivity index (χ1n) is 5.31. The van der Waals surface area contributed by atoms with Crippen LogP contribution in [0.15, 0.2) is 12.1 Å². The highest BCUT2D eigenvalue weighted by Gasteiger charge is 2.15. The maximum absolute atomic E-state index is 5.78. The summed E-state index contributed by atoms with van der Waals surface area (Å²) < 4.78 is 11.1. The summed E-state index contributed by atoms with van der Waals surface area (Å²) in [6.45, 7) is 5.32. The van der Waals surface area contributed by atoms with Gasteiger partial charge in [0.25, 0.3) is 0 Å². The quantitative estimate of drug-likeness (QED) is 0.802. The van der Waals surface area contributed by atoms with E-state index in [1.54, 1.807) is 0 Å². The third-order valence-corrected chi connectivity index (χ3v) is 2.45. The molecule has 0 saturated heterocycles. The minimum Gasteiger partial charge on any atom is -0.486 e. The molecular formula is C12H17NO2. The average molecular weight is 207 g/mol. The Bertz CT molecular complexity index is 361. The first-order chi connectivity index (χ1) is 7.16. The Balaban J connectivity index is 2.32. The normalized spacial score (nSPS) is 16.2. The molecule has 0 spiro atoms. The third kappa shape index (κ3) is 2.23. The van der Waals surface area contributed by atoms with Gasteiger partial charge in [-0.3, -0.25) is 0 Å². The van der Waals surface area contributed by atoms with Crippen LogP contribution in [0.2, 0.25) is 0 Å². The lowest BCUT2D eigenvalue weighted by Crippen LogP contribution is -2.19. The van der Waals surface area contributed by atoms with Gasteiger partial charge in [0.1, 0.15) is 13.2 Å². The molecule has 1 heterocycles. The van der Waals surface area contributed by atoms with Crippen LogP contribution in [0.4, 0.5) is 0 Å². The molecule has 3 heteroatoms. The lowest BCUT2D eigenvalue weighted by Gasteiger charge is -2.21. The van der Waals surface area contributed by atoms with Gasteiger partial charge in [-0.2, -0.15) is 0 Å². The number of fused-ring (bicyclic) bond motifs is 1. The predicted octanol–water partition coefficient (Wildman–Crippen LogP) is 1.66. The van der Waals surface area contributed by atoms with E-state index in [0.29, 0.717) is 13.2 Å². The van der Waals surface area contributed by atoms with Crippen LogP contribution in [0.25, 0.3) is 0 Å². The topological polar surface area (TPSA) is 44.5 Å². The monoisotopic (exact) mass is 207 g/mol. The Morgan fingerprint density at radius 2 is 2.07 bits per heavy atom. The molecule has 1 aliphatic rings. The molecule has 0 bridgehead atoms. The van der Waals surface area contributed by atoms with Gasteiger partial charge in [0.05, 0.1) is 0 Å². The van der Waals surface area contributed by atoms with Crippen molar-refractivity contribution in [2.24, 2.45) is 5.73 Å². The Morgan fingerprint density at radius 3 is 2.80 bits per heavy atom. The first-order valence-corrected chi connectivity index (χ1v) is 5.31. The minimum atomic E-state index is 0.173. The number of ether oxygens (including phenoxy) is 2. The van der Waals surface area contributed by atoms with E-state index >= 15 is 0 Å². The maximum atomic E-state index is 5.78. The SMILES string of the molecule is Cc1cc(CC(C)N)cc2c1OCCO2. The summed E-state index contributed by atoms with van der Waals surface area (Å²) in [7, 11) is 0. The zero-order chi connectivity index (χ0) is 10.8. The lowest BCUT2D eigenvalue weighted by molar-refractivity contribution is 0.170. The van der Waals surface area contributed by atoms with Crippen LogP contribution in [-0.4, -0.2) is 19.3 Å². The van der Waals surface area contributed by atoms with Crippen LogP contribution < -0.4 is 15.2 Å². The summed E-state index contributed by atoms with van der Waals surface area (Å²) in [6, 6.07) is 4.33. The van der Waals surface area contributed by atoms with Crippen molar-refractivity contribution >= 4 is 0 Å². The second kappa shape index (κ2) is 4.11. The molecule has 82 valence electrons. The van der Waals surface area contributed by atoms with Crippen molar-refractivity contribution in [2.45, 2.75) is 26.3 Å². The number of rotatable bonds is 2. The first kappa shape index (κ1) is 10.3. The largest absolute Gasteiger partial charge is 0.486 e. The summed E-state index contributed by atoms with van der Waals surface area (Å²) in [6.07, 6.45) is 0.872. The lowest BCUT2D eigenvalue weighted by atomic mass is 10.0. The summed E-state index contributed by atoms with van der Waals surface area (Å²) in [4.78, 5) is 0. The molecule has 3 nitrogen and oxygen atoms in total. The van der Waals surface area contributed by atoms with Crippen LogP contribution in [-0.2, 0) is 6.42 Å². The second-order valence-electron chi connectivity index (χ2n) is 4.12. The van der Waals surface area contributed by atoms with Gasteiger partial charge in [-0.05, 0) is 37.5 Å². The molecule has 1 atom stereocenters. The highest BCUT2D eigenvalue weighted by atomic mass is 16.6. The Labute approximate surface area is 90.2 Å². The molecule has 1 aliphatic heterocycles. The molecule has 0 amide bonds. The smallest absolute Gasteiger partial charge is 0.164 e. The van der Waals surface area contributed by atoms with Crippen molar-refractivity contribution in [2.75, 3.05) is 13.2 Å². The third-order valence-electron chi connectivity index (χ3n) is 2.45. The summed E-state index contributed by atoms with van der Waals surface area (Å²) in [5, 5.41) is 0. The Morgan fingerprint density at radius 1 is 1.33 bits per heavy atom. The van der Waals surface area contributed by atoms with E-state index < -0.39 is 0 Å². The zero-order valence-electron chi connectivity index (χ0n) is 9.25. The number of benzene rings is 1. The molecular weight excluding hydrogens is 190 g/mol. The van der Waals surface area contributed by atoms with E-state index in [9.17, 15) is 0 Å². The van der Waals surface area contributed by atoms with E-state index in [4.69, 9.17) is 15.2 Å². The Hall–Kier alpha value is -1.22. The van der Waals surface area contributed by atoms with Crippen LogP contribution in [0.3, 0.4) is 0 Å². The molecule has 1 aromatic carbocycles. The summed E-state index contributed by atoms with van der Waals surface area (Å²) in [5.41, 5.74) is 8.12. The van der Waals surface area contributed by atoms with Gasteiger partial charge in [0.15, 0.2) is 11.5 Å². The molecule has 1 aromatic rings. The van der Waals surface area contributed by atoms with Gasteiger partial charge in [0, 0.05) is 6.04 Å². The van der Waals surface area contributed by atoms with Crippen molar-refractivity contribution in [3.63, 3.8) is 0 Å². The van der Waals surface area contributed by atoms with Crippen LogP contribution in [0.1, 0.15) is 18.1 Å². The van der Waals surface area contributed by atoms with E-state index in [2.05, 4.69) is 6.07 Å². The fourth-order valence-corrected chi connectivity index (χ4v) is 1.89. The highest BCUT2D eigenvalue weighted by molar-refractivity contribution is 5.49. The van der Waals surface area contributed by atoms with E-state index in [-0.39, 0.29) is 6.04 Å². The molecule has 2 rings (SSSR count). The molecule has 0 aromatic heterocycles. The van der Waals surface area contributed by atoms with E-state index in [1.165, 1.54) is 5.56 Å². The second-order valence-corrected chi connectivity index (χ2v) is 4.12.